The molecule has 1 saturated heterocycles. The lowest BCUT2D eigenvalue weighted by Crippen LogP contribution is -2.29. The number of benzene rings is 2. The predicted molar refractivity (Wildman–Crippen MR) is 124 cm³/mol. The highest BCUT2D eigenvalue weighted by atomic mass is 16.3. The monoisotopic (exact) mass is 426 g/mol. The van der Waals surface area contributed by atoms with Gasteiger partial charge >= 0.3 is 0 Å². The molecule has 5 nitrogen and oxygen atoms in total. The van der Waals surface area contributed by atoms with Gasteiger partial charge in [-0.05, 0) is 28.2 Å². The molecule has 3 aromatic rings. The van der Waals surface area contributed by atoms with E-state index in [1.807, 2.05) is 36.4 Å². The number of Topliss-reactive ketones (excluding diaryl/α,β-unsaturated/α-hetero) is 1. The van der Waals surface area contributed by atoms with Crippen LogP contribution in [0.1, 0.15) is 49.1 Å². The van der Waals surface area contributed by atoms with Gasteiger partial charge in [0.25, 0.3) is 11.7 Å². The van der Waals surface area contributed by atoms with Crippen molar-refractivity contribution in [1.29, 1.82) is 0 Å². The fourth-order valence-electron chi connectivity index (χ4n) is 3.99. The normalized spacial score (nSPS) is 18.2. The molecule has 1 aromatic heterocycles. The van der Waals surface area contributed by atoms with Gasteiger partial charge < -0.3 is 10.0 Å². The third kappa shape index (κ3) is 4.06. The molecular weight excluding hydrogens is 400 g/mol. The molecule has 0 radical (unpaired) electrons. The van der Waals surface area contributed by atoms with Gasteiger partial charge in [0, 0.05) is 24.5 Å². The number of nitrogens with zero attached hydrogens (tertiary/aromatic N) is 2. The smallest absolute Gasteiger partial charge is 0.295 e. The Bertz CT molecular complexity index is 1160. The first kappa shape index (κ1) is 21.5. The second-order valence-electron chi connectivity index (χ2n) is 9.03. The van der Waals surface area contributed by atoms with E-state index in [1.54, 1.807) is 42.7 Å². The first-order valence-electron chi connectivity index (χ1n) is 10.6. The quantitative estimate of drug-likeness (QED) is 0.362. The fourth-order valence-corrected chi connectivity index (χ4v) is 3.99. The van der Waals surface area contributed by atoms with E-state index in [4.69, 9.17) is 0 Å². The summed E-state index contributed by atoms with van der Waals surface area (Å²) >= 11 is 0. The lowest BCUT2D eigenvalue weighted by Gasteiger charge is -2.26. The number of carbonyl (C=O) groups excluding carboxylic acids is 2. The molecule has 1 aliphatic rings. The number of aliphatic hydroxyl groups excluding tert-OH is 1. The highest BCUT2D eigenvalue weighted by Gasteiger charge is 2.46. The SMILES string of the molecule is CC(C)(C)c1ccc(C2C(=C(O)c3ccccc3)C(=O)C(=O)N2Cc2cccnc2)cc1. The summed E-state index contributed by atoms with van der Waals surface area (Å²) in [6, 6.07) is 19.7. The Hall–Kier alpha value is -3.73. The van der Waals surface area contributed by atoms with Crippen LogP contribution in [0, 0.1) is 0 Å². The average molecular weight is 427 g/mol. The zero-order valence-electron chi connectivity index (χ0n) is 18.4. The number of aliphatic hydroxyl groups is 1. The molecule has 162 valence electrons. The highest BCUT2D eigenvalue weighted by molar-refractivity contribution is 6.46. The molecule has 1 unspecified atom stereocenters. The third-order valence-electron chi connectivity index (χ3n) is 5.76. The fraction of sp³-hybridized carbons (Fsp3) is 0.222. The number of rotatable bonds is 4. The largest absolute Gasteiger partial charge is 0.507 e. The van der Waals surface area contributed by atoms with Crippen LogP contribution in [0.2, 0.25) is 0 Å². The Kier molecular flexibility index (Phi) is 5.66. The standard InChI is InChI=1S/C27H26N2O3/c1-27(2,3)21-13-11-19(12-14-21)23-22(24(30)20-9-5-4-6-10-20)25(31)26(32)29(23)17-18-8-7-15-28-16-18/h4-16,23,30H,17H2,1-3H3. The minimum Gasteiger partial charge on any atom is -0.507 e. The van der Waals surface area contributed by atoms with Gasteiger partial charge in [0.2, 0.25) is 0 Å². The molecule has 2 aromatic carbocycles. The molecule has 32 heavy (non-hydrogen) atoms. The molecule has 0 aliphatic carbocycles. The summed E-state index contributed by atoms with van der Waals surface area (Å²) in [7, 11) is 0. The van der Waals surface area contributed by atoms with E-state index in [1.165, 1.54) is 4.90 Å². The summed E-state index contributed by atoms with van der Waals surface area (Å²) in [4.78, 5) is 31.8. The van der Waals surface area contributed by atoms with Gasteiger partial charge in [0.15, 0.2) is 0 Å². The molecule has 1 fully saturated rings. The maximum Gasteiger partial charge on any atom is 0.295 e. The van der Waals surface area contributed by atoms with E-state index in [-0.39, 0.29) is 23.3 Å². The summed E-state index contributed by atoms with van der Waals surface area (Å²) in [5.41, 5.74) is 3.31. The third-order valence-corrected chi connectivity index (χ3v) is 5.76. The van der Waals surface area contributed by atoms with Crippen LogP contribution in [0.25, 0.3) is 5.76 Å². The Labute approximate surface area is 188 Å². The average Bonchev–Trinajstić information content (AvgIpc) is 3.04. The number of pyridine rings is 1. The number of hydrogen-bond donors (Lipinski definition) is 1. The second-order valence-corrected chi connectivity index (χ2v) is 9.03. The summed E-state index contributed by atoms with van der Waals surface area (Å²) < 4.78 is 0. The van der Waals surface area contributed by atoms with Crippen LogP contribution in [-0.4, -0.2) is 26.7 Å². The van der Waals surface area contributed by atoms with E-state index in [0.29, 0.717) is 5.56 Å². The van der Waals surface area contributed by atoms with Crippen LogP contribution in [0.5, 0.6) is 0 Å². The first-order chi connectivity index (χ1) is 15.3. The van der Waals surface area contributed by atoms with E-state index < -0.39 is 17.7 Å². The molecule has 1 N–H and O–H groups in total. The lowest BCUT2D eigenvalue weighted by molar-refractivity contribution is -0.140. The van der Waals surface area contributed by atoms with Crippen molar-refractivity contribution in [3.63, 3.8) is 0 Å². The summed E-state index contributed by atoms with van der Waals surface area (Å²) in [6.45, 7) is 6.61. The molecule has 0 bridgehead atoms. The van der Waals surface area contributed by atoms with Crippen molar-refractivity contribution in [3.05, 3.63) is 107 Å². The molecule has 0 spiro atoms. The Morgan fingerprint density at radius 2 is 1.66 bits per heavy atom. The summed E-state index contributed by atoms with van der Waals surface area (Å²) in [5.74, 6) is -1.47. The van der Waals surface area contributed by atoms with Crippen LogP contribution in [0.15, 0.2) is 84.7 Å². The maximum absolute atomic E-state index is 13.1. The summed E-state index contributed by atoms with van der Waals surface area (Å²) in [5, 5.41) is 11.1. The molecule has 1 amide bonds. The molecule has 2 heterocycles. The number of carbonyl (C=O) groups is 2. The minimum absolute atomic E-state index is 0.0277. The number of amides is 1. The van der Waals surface area contributed by atoms with Crippen molar-refractivity contribution < 1.29 is 14.7 Å². The molecular formula is C27H26N2O3. The molecule has 5 heteroatoms. The van der Waals surface area contributed by atoms with E-state index in [2.05, 4.69) is 25.8 Å². The van der Waals surface area contributed by atoms with Crippen LogP contribution in [-0.2, 0) is 21.5 Å². The first-order valence-corrected chi connectivity index (χ1v) is 10.6. The van der Waals surface area contributed by atoms with Gasteiger partial charge in [-0.2, -0.15) is 0 Å². The predicted octanol–water partition coefficient (Wildman–Crippen LogP) is 5.00. The van der Waals surface area contributed by atoms with E-state index >= 15 is 0 Å². The molecule has 1 aliphatic heterocycles. The zero-order valence-corrected chi connectivity index (χ0v) is 18.4. The topological polar surface area (TPSA) is 70.5 Å². The van der Waals surface area contributed by atoms with Gasteiger partial charge in [0.1, 0.15) is 5.76 Å². The maximum atomic E-state index is 13.1. The Morgan fingerprint density at radius 1 is 0.969 bits per heavy atom. The lowest BCUT2D eigenvalue weighted by atomic mass is 9.85. The van der Waals surface area contributed by atoms with Gasteiger partial charge in [-0.1, -0.05) is 81.4 Å². The number of likely N-dealkylation sites (tertiary alicyclic amines) is 1. The Balaban J connectivity index is 1.85. The zero-order chi connectivity index (χ0) is 22.9. The van der Waals surface area contributed by atoms with Gasteiger partial charge in [-0.15, -0.1) is 0 Å². The van der Waals surface area contributed by atoms with Crippen LogP contribution < -0.4 is 0 Å². The van der Waals surface area contributed by atoms with Gasteiger partial charge in [-0.3, -0.25) is 14.6 Å². The number of hydrogen-bond acceptors (Lipinski definition) is 4. The molecule has 0 saturated carbocycles. The second kappa shape index (κ2) is 8.42. The van der Waals surface area contributed by atoms with Gasteiger partial charge in [0.05, 0.1) is 11.6 Å². The summed E-state index contributed by atoms with van der Waals surface area (Å²) in [6.07, 6.45) is 3.34. The van der Waals surface area contributed by atoms with Crippen molar-refractivity contribution >= 4 is 17.4 Å². The van der Waals surface area contributed by atoms with Gasteiger partial charge in [-0.25, -0.2) is 0 Å². The van der Waals surface area contributed by atoms with E-state index in [0.717, 1.165) is 16.7 Å². The Morgan fingerprint density at radius 3 is 2.25 bits per heavy atom. The minimum atomic E-state index is -0.690. The number of aromatic nitrogens is 1. The molecule has 4 rings (SSSR count). The highest BCUT2D eigenvalue weighted by Crippen LogP contribution is 2.40. The van der Waals surface area contributed by atoms with Crippen molar-refractivity contribution in [1.82, 2.24) is 9.88 Å². The van der Waals surface area contributed by atoms with Crippen molar-refractivity contribution in [3.8, 4) is 0 Å². The molecule has 1 atom stereocenters. The number of ketones is 1. The van der Waals surface area contributed by atoms with Crippen LogP contribution in [0.3, 0.4) is 0 Å². The van der Waals surface area contributed by atoms with Crippen molar-refractivity contribution in [2.45, 2.75) is 38.8 Å². The van der Waals surface area contributed by atoms with Crippen molar-refractivity contribution in [2.24, 2.45) is 0 Å². The van der Waals surface area contributed by atoms with Crippen molar-refractivity contribution in [2.75, 3.05) is 0 Å². The van der Waals surface area contributed by atoms with Crippen LogP contribution in [0.4, 0.5) is 0 Å². The van der Waals surface area contributed by atoms with Crippen LogP contribution >= 0.6 is 0 Å². The van der Waals surface area contributed by atoms with E-state index in [9.17, 15) is 14.7 Å².